The maximum Gasteiger partial charge on any atom is 0.422 e. The molecule has 1 atom stereocenters. The largest absolute Gasteiger partial charge is 0.456 e. The van der Waals surface area contributed by atoms with Crippen LogP contribution in [0.5, 0.6) is 0 Å². The monoisotopic (exact) mass is 335 g/mol. The second kappa shape index (κ2) is 7.91. The summed E-state index contributed by atoms with van der Waals surface area (Å²) in [5.74, 6) is -0.824. The summed E-state index contributed by atoms with van der Waals surface area (Å²) in [5, 5.41) is 3.36. The molecule has 0 aliphatic carbocycles. The fourth-order valence-corrected chi connectivity index (χ4v) is 1.53. The van der Waals surface area contributed by atoms with Crippen LogP contribution in [0.2, 0.25) is 0 Å². The first-order chi connectivity index (χ1) is 9.62. The number of benzene rings is 1. The van der Waals surface area contributed by atoms with E-state index in [1.807, 2.05) is 0 Å². The topological polar surface area (TPSA) is 111 Å². The Balaban J connectivity index is 2.79. The van der Waals surface area contributed by atoms with Crippen molar-refractivity contribution in [2.24, 2.45) is 5.11 Å². The van der Waals surface area contributed by atoms with Gasteiger partial charge in [-0.1, -0.05) is 27.1 Å². The summed E-state index contributed by atoms with van der Waals surface area (Å²) < 4.78 is 5.73. The molecule has 102 valence electrons. The minimum absolute atomic E-state index is 0.179. The maximum atomic E-state index is 11.8. The zero-order chi connectivity index (χ0) is 15.0. The lowest BCUT2D eigenvalue weighted by atomic mass is 10.1. The number of esters is 1. The number of halogens is 1. The molecule has 1 aromatic carbocycles. The Labute approximate surface area is 123 Å². The van der Waals surface area contributed by atoms with E-state index in [0.29, 0.717) is 5.56 Å². The first-order valence-electron chi connectivity index (χ1n) is 5.44. The van der Waals surface area contributed by atoms with Crippen molar-refractivity contribution >= 4 is 27.6 Å². The van der Waals surface area contributed by atoms with Crippen molar-refractivity contribution in [3.8, 4) is 0 Å². The summed E-state index contributed by atoms with van der Waals surface area (Å²) in [7, 11) is 0. The molecule has 8 heteroatoms. The van der Waals surface area contributed by atoms with Gasteiger partial charge in [-0.25, -0.2) is 4.79 Å². The zero-order valence-electron chi connectivity index (χ0n) is 10.3. The van der Waals surface area contributed by atoms with Crippen molar-refractivity contribution in [1.29, 1.82) is 0 Å². The number of carbonyl (C=O) groups is 1. The minimum atomic E-state index is -0.824. The van der Waals surface area contributed by atoms with E-state index in [2.05, 4.69) is 37.3 Å². The number of ether oxygens (including phenoxy) is 1. The molecule has 0 radical (unpaired) electrons. The quantitative estimate of drug-likeness (QED) is 0.199. The Morgan fingerprint density at radius 3 is 2.60 bits per heavy atom. The third-order valence-electron chi connectivity index (χ3n) is 2.27. The highest BCUT2D eigenvalue weighted by atomic mass is 79.9. The molecular weight excluding hydrogens is 326 g/mol. The number of azide groups is 1. The number of nitrogens with zero attached hydrogens (tertiary/aromatic N) is 5. The van der Waals surface area contributed by atoms with Crippen molar-refractivity contribution < 1.29 is 14.3 Å². The zero-order valence-corrected chi connectivity index (χ0v) is 11.9. The molecule has 20 heavy (non-hydrogen) atoms. The normalized spacial score (nSPS) is 10.7. The van der Waals surface area contributed by atoms with E-state index in [9.17, 15) is 4.79 Å². The van der Waals surface area contributed by atoms with E-state index in [4.69, 9.17) is 15.8 Å². The molecular formula is C12H10BrN5O2. The highest BCUT2D eigenvalue weighted by Crippen LogP contribution is 2.11. The molecule has 7 nitrogen and oxygen atoms in total. The Bertz CT molecular complexity index is 601. The molecule has 1 rings (SSSR count). The van der Waals surface area contributed by atoms with Crippen molar-refractivity contribution in [2.45, 2.75) is 6.04 Å². The average molecular weight is 336 g/mol. The molecule has 0 amide bonds. The molecule has 0 aliphatic rings. The molecule has 1 unspecified atom stereocenters. The van der Waals surface area contributed by atoms with Crippen molar-refractivity contribution in [3.05, 3.63) is 62.9 Å². The molecule has 0 aliphatic heterocycles. The fourth-order valence-electron chi connectivity index (χ4n) is 1.27. The number of hydrogen-bond acceptors (Lipinski definition) is 3. The summed E-state index contributed by atoms with van der Waals surface area (Å²) in [5.41, 5.74) is 17.4. The Hall–Kier alpha value is -2.40. The van der Waals surface area contributed by atoms with E-state index in [1.165, 1.54) is 6.08 Å². The number of carbonyl (C=O) groups excluding carboxylic acids is 1. The summed E-state index contributed by atoms with van der Waals surface area (Å²) in [6.07, 6.45) is 1.35. The van der Waals surface area contributed by atoms with Gasteiger partial charge in [0, 0.05) is 9.38 Å². The maximum absolute atomic E-state index is 11.8. The lowest BCUT2D eigenvalue weighted by molar-refractivity contribution is -0.140. The van der Waals surface area contributed by atoms with Crippen molar-refractivity contribution in [3.63, 3.8) is 0 Å². The first kappa shape index (κ1) is 15.7. The fraction of sp³-hybridized carbons (Fsp3) is 0.167. The van der Waals surface area contributed by atoms with Crippen LogP contribution in [-0.2, 0) is 9.53 Å². The van der Waals surface area contributed by atoms with Crippen LogP contribution in [0.3, 0.4) is 0 Å². The van der Waals surface area contributed by atoms with Gasteiger partial charge in [-0.05, 0) is 29.8 Å². The Morgan fingerprint density at radius 2 is 2.10 bits per heavy atom. The Morgan fingerprint density at radius 1 is 1.45 bits per heavy atom. The molecule has 0 aromatic heterocycles. The molecule has 0 saturated carbocycles. The van der Waals surface area contributed by atoms with Gasteiger partial charge in [0.15, 0.2) is 0 Å². The van der Waals surface area contributed by atoms with Crippen LogP contribution in [-0.4, -0.2) is 29.1 Å². The van der Waals surface area contributed by atoms with Gasteiger partial charge in [0.25, 0.3) is 0 Å². The van der Waals surface area contributed by atoms with Crippen LogP contribution in [0.1, 0.15) is 5.56 Å². The SMILES string of the molecule is C=CC(COC(=O)C(=[N+]=[N-])c1ccc(Br)cc1)N=[N+]=[N-]. The highest BCUT2D eigenvalue weighted by molar-refractivity contribution is 9.10. The average Bonchev–Trinajstić information content (AvgIpc) is 2.46. The van der Waals surface area contributed by atoms with Crippen LogP contribution >= 0.6 is 15.9 Å². The van der Waals surface area contributed by atoms with E-state index >= 15 is 0 Å². The van der Waals surface area contributed by atoms with Crippen LogP contribution in [0.4, 0.5) is 0 Å². The third kappa shape index (κ3) is 4.37. The highest BCUT2D eigenvalue weighted by Gasteiger charge is 2.25. The van der Waals surface area contributed by atoms with E-state index in [1.54, 1.807) is 24.3 Å². The predicted octanol–water partition coefficient (Wildman–Crippen LogP) is 2.88. The second-order valence-electron chi connectivity index (χ2n) is 3.56. The van der Waals surface area contributed by atoms with E-state index in [-0.39, 0.29) is 12.3 Å². The number of hydrogen-bond donors (Lipinski definition) is 0. The van der Waals surface area contributed by atoms with Gasteiger partial charge < -0.3 is 10.3 Å². The smallest absolute Gasteiger partial charge is 0.422 e. The molecule has 0 saturated heterocycles. The van der Waals surface area contributed by atoms with E-state index in [0.717, 1.165) is 4.47 Å². The third-order valence-corrected chi connectivity index (χ3v) is 2.80. The van der Waals surface area contributed by atoms with Crippen LogP contribution in [0, 0.1) is 0 Å². The molecule has 0 N–H and O–H groups in total. The second-order valence-corrected chi connectivity index (χ2v) is 4.48. The summed E-state index contributed by atoms with van der Waals surface area (Å²) in [6, 6.07) is 5.91. The van der Waals surface area contributed by atoms with E-state index < -0.39 is 12.0 Å². The predicted molar refractivity (Wildman–Crippen MR) is 76.0 cm³/mol. The first-order valence-corrected chi connectivity index (χ1v) is 6.23. The Kier molecular flexibility index (Phi) is 6.19. The van der Waals surface area contributed by atoms with Crippen molar-refractivity contribution in [2.75, 3.05) is 6.61 Å². The van der Waals surface area contributed by atoms with Gasteiger partial charge >= 0.3 is 11.7 Å². The van der Waals surface area contributed by atoms with Gasteiger partial charge in [-0.3, -0.25) is 0 Å². The summed E-state index contributed by atoms with van der Waals surface area (Å²) >= 11 is 3.25. The van der Waals surface area contributed by atoms with Gasteiger partial charge in [0.2, 0.25) is 0 Å². The standard InChI is InChI=1S/C12H10BrN5O2/c1-2-10(17-18-15)7-20-12(19)11(16-14)8-3-5-9(13)6-4-8/h2-6,10H,1,7H2. The van der Waals surface area contributed by atoms with Crippen LogP contribution < -0.4 is 0 Å². The molecule has 1 aromatic rings. The van der Waals surface area contributed by atoms with Gasteiger partial charge in [0.05, 0.1) is 11.6 Å². The number of rotatable bonds is 6. The molecule has 0 heterocycles. The summed E-state index contributed by atoms with van der Waals surface area (Å²) in [4.78, 5) is 17.3. The lowest BCUT2D eigenvalue weighted by Crippen LogP contribution is -2.23. The molecule has 0 spiro atoms. The van der Waals surface area contributed by atoms with Gasteiger partial charge in [-0.15, -0.1) is 6.58 Å². The van der Waals surface area contributed by atoms with Crippen LogP contribution in [0.25, 0.3) is 16.0 Å². The molecule has 0 bridgehead atoms. The van der Waals surface area contributed by atoms with Gasteiger partial charge in [0.1, 0.15) is 6.61 Å². The summed E-state index contributed by atoms with van der Waals surface area (Å²) in [6.45, 7) is 3.27. The lowest BCUT2D eigenvalue weighted by Gasteiger charge is -2.05. The minimum Gasteiger partial charge on any atom is -0.456 e. The van der Waals surface area contributed by atoms with Crippen LogP contribution in [0.15, 0.2) is 46.5 Å². The van der Waals surface area contributed by atoms with Gasteiger partial charge in [-0.2, -0.15) is 4.79 Å². The molecule has 0 fully saturated rings. The van der Waals surface area contributed by atoms with Crippen molar-refractivity contribution in [1.82, 2.24) is 0 Å².